The van der Waals surface area contributed by atoms with Crippen molar-refractivity contribution < 1.29 is 15.2 Å². The zero-order valence-corrected chi connectivity index (χ0v) is 9.57. The Bertz CT molecular complexity index is 239. The molecule has 0 aliphatic carbocycles. The van der Waals surface area contributed by atoms with Gasteiger partial charge in [-0.05, 0) is 27.7 Å². The summed E-state index contributed by atoms with van der Waals surface area (Å²) in [4.78, 5) is 19.5. The van der Waals surface area contributed by atoms with Gasteiger partial charge >= 0.3 is 0 Å². The number of carbonyl (C=O) groups excluding carboxylic acids is 1. The first-order valence-electron chi connectivity index (χ1n) is 4.74. The highest BCUT2D eigenvalue weighted by Crippen LogP contribution is 2.17. The van der Waals surface area contributed by atoms with Crippen molar-refractivity contribution in [3.05, 3.63) is 15.3 Å². The molecule has 88 valence electrons. The molecule has 1 heterocycles. The van der Waals surface area contributed by atoms with Crippen LogP contribution in [0.1, 0.15) is 40.5 Å². The van der Waals surface area contributed by atoms with E-state index < -0.39 is 5.09 Å². The third-order valence-electron chi connectivity index (χ3n) is 2.09. The molecule has 6 heteroatoms. The Hall–Kier alpha value is -1.17. The first kappa shape index (κ1) is 13.8. The summed E-state index contributed by atoms with van der Waals surface area (Å²) in [6.45, 7) is 8.52. The van der Waals surface area contributed by atoms with E-state index in [1.807, 2.05) is 0 Å². The third-order valence-corrected chi connectivity index (χ3v) is 2.09. The largest absolute Gasteiger partial charge is 0.356 e. The Morgan fingerprint density at radius 2 is 1.40 bits per heavy atom. The van der Waals surface area contributed by atoms with E-state index in [1.54, 1.807) is 0 Å². The summed E-state index contributed by atoms with van der Waals surface area (Å²) in [6, 6.07) is 0. The van der Waals surface area contributed by atoms with Gasteiger partial charge in [-0.3, -0.25) is 4.79 Å². The Balaban J connectivity index is 0.000000423. The number of Topliss-reactive ketones (excluding diaryl/α,β-unsaturated/α-hetero) is 1. The molecule has 0 unspecified atom stereocenters. The van der Waals surface area contributed by atoms with Crippen LogP contribution in [0.25, 0.3) is 0 Å². The first-order valence-corrected chi connectivity index (χ1v) is 4.74. The second kappa shape index (κ2) is 4.57. The van der Waals surface area contributed by atoms with Gasteiger partial charge in [0.05, 0.1) is 29.0 Å². The zero-order chi connectivity index (χ0) is 12.3. The van der Waals surface area contributed by atoms with Crippen LogP contribution in [0, 0.1) is 15.3 Å². The van der Waals surface area contributed by atoms with Crippen LogP contribution in [0.3, 0.4) is 0 Å². The van der Waals surface area contributed by atoms with E-state index in [1.165, 1.54) is 0 Å². The van der Waals surface area contributed by atoms with Gasteiger partial charge in [-0.15, -0.1) is 0 Å². The molecule has 1 aliphatic heterocycles. The number of nitrogens with two attached hydrogens (primary N) is 1. The van der Waals surface area contributed by atoms with Crippen LogP contribution in [0.4, 0.5) is 0 Å². The zero-order valence-electron chi connectivity index (χ0n) is 9.57. The van der Waals surface area contributed by atoms with Gasteiger partial charge in [-0.1, -0.05) is 0 Å². The van der Waals surface area contributed by atoms with Crippen LogP contribution in [-0.4, -0.2) is 21.9 Å². The van der Waals surface area contributed by atoms with Gasteiger partial charge in [-0.2, -0.15) is 0 Å². The number of nitrogens with zero attached hydrogens (tertiary/aromatic N) is 1. The molecule has 0 aromatic carbocycles. The Morgan fingerprint density at radius 1 is 1.13 bits per heavy atom. The number of hydrogen-bond donors (Lipinski definition) is 1. The summed E-state index contributed by atoms with van der Waals surface area (Å²) in [5, 5.41) is 17.1. The highest BCUT2D eigenvalue weighted by Gasteiger charge is 2.40. The minimum Gasteiger partial charge on any atom is -0.356 e. The highest BCUT2D eigenvalue weighted by molar-refractivity contribution is 5.80. The SMILES string of the molecule is CC1(C)CC(=O)CC(C)(C)[NH2+]1.O=[N+]([O-])[O-]. The van der Waals surface area contributed by atoms with Crippen LogP contribution in [-0.2, 0) is 4.79 Å². The number of carbonyl (C=O) groups is 1. The molecule has 1 fully saturated rings. The molecule has 6 nitrogen and oxygen atoms in total. The lowest BCUT2D eigenvalue weighted by Crippen LogP contribution is -3.05. The monoisotopic (exact) mass is 218 g/mol. The van der Waals surface area contributed by atoms with Gasteiger partial charge in [0, 0.05) is 0 Å². The summed E-state index contributed by atoms with van der Waals surface area (Å²) in [5.41, 5.74) is 0.220. The topological polar surface area (TPSA) is 99.9 Å². The molecule has 0 bridgehead atoms. The van der Waals surface area contributed by atoms with Gasteiger partial charge in [0.1, 0.15) is 5.78 Å². The molecular weight excluding hydrogens is 200 g/mol. The summed E-state index contributed by atoms with van der Waals surface area (Å²) in [7, 11) is 0. The Morgan fingerprint density at radius 3 is 1.60 bits per heavy atom. The molecule has 15 heavy (non-hydrogen) atoms. The molecule has 0 aromatic rings. The lowest BCUT2D eigenvalue weighted by atomic mass is 9.82. The fourth-order valence-corrected chi connectivity index (χ4v) is 2.24. The first-order chi connectivity index (χ1) is 6.54. The van der Waals surface area contributed by atoms with Crippen LogP contribution in [0.2, 0.25) is 0 Å². The summed E-state index contributed by atoms with van der Waals surface area (Å²) in [6.07, 6.45) is 1.44. The number of rotatable bonds is 0. The second-order valence-corrected chi connectivity index (χ2v) is 5.24. The number of hydrogen-bond acceptors (Lipinski definition) is 4. The predicted molar refractivity (Wildman–Crippen MR) is 54.7 cm³/mol. The summed E-state index contributed by atoms with van der Waals surface area (Å²) >= 11 is 0. The van der Waals surface area contributed by atoms with E-state index in [0.717, 1.165) is 12.8 Å². The lowest BCUT2D eigenvalue weighted by molar-refractivity contribution is -0.780. The van der Waals surface area contributed by atoms with Crippen molar-refractivity contribution >= 4 is 5.78 Å². The van der Waals surface area contributed by atoms with Crippen molar-refractivity contribution in [2.45, 2.75) is 51.6 Å². The van der Waals surface area contributed by atoms with E-state index in [4.69, 9.17) is 15.3 Å². The highest BCUT2D eigenvalue weighted by atomic mass is 16.9. The smallest absolute Gasteiger partial charge is 0.145 e. The van der Waals surface area contributed by atoms with Crippen LogP contribution >= 0.6 is 0 Å². The van der Waals surface area contributed by atoms with Crippen LogP contribution < -0.4 is 5.32 Å². The van der Waals surface area contributed by atoms with E-state index in [-0.39, 0.29) is 11.1 Å². The van der Waals surface area contributed by atoms with E-state index in [9.17, 15) is 4.79 Å². The molecule has 0 atom stereocenters. The van der Waals surface area contributed by atoms with Gasteiger partial charge in [-0.25, -0.2) is 0 Å². The molecule has 1 rings (SSSR count). The predicted octanol–water partition coefficient (Wildman–Crippen LogP) is 0.231. The van der Waals surface area contributed by atoms with E-state index in [2.05, 4.69) is 33.0 Å². The van der Waals surface area contributed by atoms with Crippen molar-refractivity contribution in [3.63, 3.8) is 0 Å². The van der Waals surface area contributed by atoms with Crippen molar-refractivity contribution in [2.24, 2.45) is 0 Å². The van der Waals surface area contributed by atoms with Gasteiger partial charge in [0.2, 0.25) is 0 Å². The normalized spacial score (nSPS) is 22.5. The van der Waals surface area contributed by atoms with Gasteiger partial charge in [0.25, 0.3) is 0 Å². The van der Waals surface area contributed by atoms with Crippen molar-refractivity contribution in [1.29, 1.82) is 0 Å². The standard InChI is InChI=1S/C9H17NO.NO3/c1-8(2)5-7(11)6-9(3,4)10-8;2-1(3)4/h10H,5-6H2,1-4H3;/q;-1/p+1. The number of ketones is 1. The molecular formula is C9H18N2O4. The van der Waals surface area contributed by atoms with Gasteiger partial charge < -0.3 is 20.6 Å². The van der Waals surface area contributed by atoms with E-state index in [0.29, 0.717) is 5.78 Å². The average molecular weight is 218 g/mol. The molecule has 0 spiro atoms. The fourth-order valence-electron chi connectivity index (χ4n) is 2.24. The van der Waals surface area contributed by atoms with Crippen molar-refractivity contribution in [3.8, 4) is 0 Å². The minimum atomic E-state index is -1.75. The maximum Gasteiger partial charge on any atom is 0.145 e. The molecule has 0 saturated carbocycles. The molecule has 1 saturated heterocycles. The number of piperidine rings is 1. The van der Waals surface area contributed by atoms with Crippen LogP contribution in [0.15, 0.2) is 0 Å². The summed E-state index contributed by atoms with van der Waals surface area (Å²) < 4.78 is 0. The van der Waals surface area contributed by atoms with Gasteiger partial charge in [0.15, 0.2) is 0 Å². The number of quaternary nitrogens is 1. The fraction of sp³-hybridized carbons (Fsp3) is 0.889. The molecule has 0 aromatic heterocycles. The second-order valence-electron chi connectivity index (χ2n) is 5.24. The summed E-state index contributed by atoms with van der Waals surface area (Å²) in [5.74, 6) is 0.405. The average Bonchev–Trinajstić information content (AvgIpc) is 1.73. The van der Waals surface area contributed by atoms with Crippen molar-refractivity contribution in [2.75, 3.05) is 0 Å². The third kappa shape index (κ3) is 6.84. The lowest BCUT2D eigenvalue weighted by Gasteiger charge is -2.37. The Kier molecular flexibility index (Phi) is 4.21. The van der Waals surface area contributed by atoms with Crippen molar-refractivity contribution in [1.82, 2.24) is 0 Å². The Labute approximate surface area is 88.8 Å². The minimum absolute atomic E-state index is 0.110. The molecule has 0 amide bonds. The van der Waals surface area contributed by atoms with Crippen LogP contribution in [0.5, 0.6) is 0 Å². The maximum atomic E-state index is 11.3. The molecule has 1 aliphatic rings. The maximum absolute atomic E-state index is 11.3. The molecule has 0 radical (unpaired) electrons. The quantitative estimate of drug-likeness (QED) is 0.464. The molecule has 2 N–H and O–H groups in total. The van der Waals surface area contributed by atoms with E-state index >= 15 is 0 Å².